The van der Waals surface area contributed by atoms with E-state index < -0.39 is 0 Å². The smallest absolute Gasteiger partial charge is 0.229 e. The Hall–Kier alpha value is -3.09. The lowest BCUT2D eigenvalue weighted by Crippen LogP contribution is -2.47. The summed E-state index contributed by atoms with van der Waals surface area (Å²) < 4.78 is 24.5. The highest BCUT2D eigenvalue weighted by Crippen LogP contribution is 2.38. The number of halogens is 1. The molecule has 1 saturated heterocycles. The van der Waals surface area contributed by atoms with Gasteiger partial charge < -0.3 is 19.7 Å². The van der Waals surface area contributed by atoms with Crippen molar-refractivity contribution in [2.75, 3.05) is 26.1 Å². The predicted molar refractivity (Wildman–Crippen MR) is 128 cm³/mol. The zero-order valence-corrected chi connectivity index (χ0v) is 20.1. The molecule has 2 atom stereocenters. The summed E-state index contributed by atoms with van der Waals surface area (Å²) in [6, 6.07) is 10.2. The maximum Gasteiger partial charge on any atom is 0.229 e. The van der Waals surface area contributed by atoms with Crippen LogP contribution in [0.3, 0.4) is 0 Å². The van der Waals surface area contributed by atoms with Gasteiger partial charge in [-0.2, -0.15) is 0 Å². The molecular formula is C27H33FN2O4. The quantitative estimate of drug-likeness (QED) is 0.628. The number of likely N-dealkylation sites (tertiary alicyclic amines) is 1. The molecule has 4 rings (SSSR count). The topological polar surface area (TPSA) is 67.9 Å². The van der Waals surface area contributed by atoms with Crippen LogP contribution in [-0.4, -0.2) is 37.5 Å². The zero-order chi connectivity index (χ0) is 24.2. The van der Waals surface area contributed by atoms with Crippen molar-refractivity contribution in [3.63, 3.8) is 0 Å². The van der Waals surface area contributed by atoms with Crippen LogP contribution in [0.4, 0.5) is 10.1 Å². The van der Waals surface area contributed by atoms with Crippen LogP contribution in [0.25, 0.3) is 0 Å². The van der Waals surface area contributed by atoms with Gasteiger partial charge in [-0.05, 0) is 61.9 Å². The number of anilines is 1. The molecule has 182 valence electrons. The number of hydrogen-bond acceptors (Lipinski definition) is 4. The molecule has 1 N–H and O–H groups in total. The molecule has 2 aliphatic rings. The van der Waals surface area contributed by atoms with Crippen molar-refractivity contribution in [3.05, 3.63) is 53.3 Å². The highest BCUT2D eigenvalue weighted by Gasteiger charge is 2.39. The largest absolute Gasteiger partial charge is 0.497 e. The summed E-state index contributed by atoms with van der Waals surface area (Å²) in [4.78, 5) is 28.6. The van der Waals surface area contributed by atoms with Crippen LogP contribution in [0.15, 0.2) is 36.4 Å². The summed E-state index contributed by atoms with van der Waals surface area (Å²) in [5.41, 5.74) is 2.07. The second-order valence-corrected chi connectivity index (χ2v) is 9.33. The summed E-state index contributed by atoms with van der Waals surface area (Å²) in [6.07, 6.45) is 5.20. The second-order valence-electron chi connectivity index (χ2n) is 9.33. The van der Waals surface area contributed by atoms with E-state index in [9.17, 15) is 14.0 Å². The fourth-order valence-corrected chi connectivity index (χ4v) is 5.19. The molecule has 6 nitrogen and oxygen atoms in total. The molecule has 2 unspecified atom stereocenters. The molecule has 1 aliphatic carbocycles. The average Bonchev–Trinajstić information content (AvgIpc) is 3.40. The number of amides is 2. The first-order valence-electron chi connectivity index (χ1n) is 12.0. The van der Waals surface area contributed by atoms with E-state index in [2.05, 4.69) is 5.32 Å². The van der Waals surface area contributed by atoms with Gasteiger partial charge in [0, 0.05) is 18.5 Å². The Morgan fingerprint density at radius 3 is 2.41 bits per heavy atom. The van der Waals surface area contributed by atoms with Gasteiger partial charge in [-0.15, -0.1) is 0 Å². The lowest BCUT2D eigenvalue weighted by Gasteiger charge is -2.41. The van der Waals surface area contributed by atoms with Gasteiger partial charge in [0.1, 0.15) is 17.3 Å². The molecule has 0 bridgehead atoms. The zero-order valence-electron chi connectivity index (χ0n) is 20.1. The fourth-order valence-electron chi connectivity index (χ4n) is 5.19. The Morgan fingerprint density at radius 2 is 1.74 bits per heavy atom. The molecule has 34 heavy (non-hydrogen) atoms. The van der Waals surface area contributed by atoms with Gasteiger partial charge >= 0.3 is 0 Å². The van der Waals surface area contributed by atoms with E-state index >= 15 is 0 Å². The van der Waals surface area contributed by atoms with Crippen molar-refractivity contribution in [2.45, 2.75) is 51.5 Å². The van der Waals surface area contributed by atoms with Crippen molar-refractivity contribution >= 4 is 17.5 Å². The Kier molecular flexibility index (Phi) is 7.39. The van der Waals surface area contributed by atoms with Crippen molar-refractivity contribution < 1.29 is 23.5 Å². The number of rotatable bonds is 6. The summed E-state index contributed by atoms with van der Waals surface area (Å²) in [5, 5.41) is 2.98. The minimum absolute atomic E-state index is 0.00698. The van der Waals surface area contributed by atoms with Crippen LogP contribution in [0, 0.1) is 24.6 Å². The predicted octanol–water partition coefficient (Wildman–Crippen LogP) is 5.26. The highest BCUT2D eigenvalue weighted by molar-refractivity contribution is 5.94. The van der Waals surface area contributed by atoms with Gasteiger partial charge in [0.15, 0.2) is 0 Å². The third-order valence-electron chi connectivity index (χ3n) is 7.17. The molecule has 2 amide bonds. The number of ether oxygens (including phenoxy) is 2. The summed E-state index contributed by atoms with van der Waals surface area (Å²) >= 11 is 0. The van der Waals surface area contributed by atoms with E-state index in [4.69, 9.17) is 9.47 Å². The molecule has 1 heterocycles. The Labute approximate surface area is 200 Å². The monoisotopic (exact) mass is 468 g/mol. The average molecular weight is 469 g/mol. The second kappa shape index (κ2) is 10.5. The number of piperidine rings is 1. The van der Waals surface area contributed by atoms with E-state index in [-0.39, 0.29) is 35.5 Å². The van der Waals surface area contributed by atoms with Gasteiger partial charge in [0.05, 0.1) is 31.9 Å². The van der Waals surface area contributed by atoms with Gasteiger partial charge in [-0.3, -0.25) is 9.59 Å². The highest BCUT2D eigenvalue weighted by atomic mass is 19.1. The first kappa shape index (κ1) is 24.0. The summed E-state index contributed by atoms with van der Waals surface area (Å²) in [6.45, 7) is 2.09. The third-order valence-corrected chi connectivity index (χ3v) is 7.17. The van der Waals surface area contributed by atoms with Crippen LogP contribution >= 0.6 is 0 Å². The van der Waals surface area contributed by atoms with Crippen LogP contribution in [0.1, 0.15) is 55.7 Å². The molecule has 0 radical (unpaired) electrons. The molecule has 2 aromatic carbocycles. The number of carbonyl (C=O) groups is 2. The number of methoxy groups -OCH3 is 2. The minimum atomic E-state index is -0.338. The SMILES string of the molecule is COc1ccc(NC(=O)C2CCC(c3ccc(F)c(C)c3)N(C(=O)C3CCCC3)C2)c(OC)c1. The summed E-state index contributed by atoms with van der Waals surface area (Å²) in [5.74, 6) is 0.548. The van der Waals surface area contributed by atoms with Crippen molar-refractivity contribution in [1.82, 2.24) is 4.90 Å². The maximum absolute atomic E-state index is 13.9. The van der Waals surface area contributed by atoms with Crippen LogP contribution < -0.4 is 14.8 Å². The van der Waals surface area contributed by atoms with E-state index in [1.165, 1.54) is 6.07 Å². The number of carbonyl (C=O) groups excluding carboxylic acids is 2. The van der Waals surface area contributed by atoms with E-state index in [1.54, 1.807) is 45.4 Å². The van der Waals surface area contributed by atoms with Crippen LogP contribution in [0.5, 0.6) is 11.5 Å². The standard InChI is InChI=1S/C27H33FN2O4/c1-17-14-19(8-11-22(17)28)24-13-9-20(16-30(24)27(32)18-6-4-5-7-18)26(31)29-23-12-10-21(33-2)15-25(23)34-3/h8,10-12,14-15,18,20,24H,4-7,9,13,16H2,1-3H3,(H,29,31). The van der Waals surface area contributed by atoms with Crippen molar-refractivity contribution in [2.24, 2.45) is 11.8 Å². The molecule has 0 aromatic heterocycles. The van der Waals surface area contributed by atoms with Gasteiger partial charge in [0.25, 0.3) is 0 Å². The Bertz CT molecular complexity index is 1050. The van der Waals surface area contributed by atoms with Crippen molar-refractivity contribution in [3.8, 4) is 11.5 Å². The van der Waals surface area contributed by atoms with Gasteiger partial charge in [-0.25, -0.2) is 4.39 Å². The van der Waals surface area contributed by atoms with Gasteiger partial charge in [0.2, 0.25) is 11.8 Å². The molecule has 2 aromatic rings. The first-order valence-corrected chi connectivity index (χ1v) is 12.0. The lowest BCUT2D eigenvalue weighted by molar-refractivity contribution is -0.141. The molecule has 0 spiro atoms. The summed E-state index contributed by atoms with van der Waals surface area (Å²) in [7, 11) is 3.12. The van der Waals surface area contributed by atoms with E-state index in [0.717, 1.165) is 31.2 Å². The van der Waals surface area contributed by atoms with Crippen LogP contribution in [-0.2, 0) is 9.59 Å². The van der Waals surface area contributed by atoms with Gasteiger partial charge in [-0.1, -0.05) is 25.0 Å². The maximum atomic E-state index is 13.9. The molecule has 2 fully saturated rings. The number of hydrogen-bond donors (Lipinski definition) is 1. The normalized spacial score (nSPS) is 20.8. The number of nitrogens with zero attached hydrogens (tertiary/aromatic N) is 1. The first-order chi connectivity index (χ1) is 16.4. The molecule has 7 heteroatoms. The number of aryl methyl sites for hydroxylation is 1. The van der Waals surface area contributed by atoms with Crippen LogP contribution in [0.2, 0.25) is 0 Å². The third kappa shape index (κ3) is 5.03. The Balaban J connectivity index is 1.55. The minimum Gasteiger partial charge on any atom is -0.497 e. The fraction of sp³-hybridized carbons (Fsp3) is 0.481. The van der Waals surface area contributed by atoms with E-state index in [0.29, 0.717) is 42.1 Å². The Morgan fingerprint density at radius 1 is 0.971 bits per heavy atom. The number of benzene rings is 2. The molecular weight excluding hydrogens is 435 g/mol. The number of nitrogens with one attached hydrogen (secondary N) is 1. The molecule has 1 aliphatic heterocycles. The van der Waals surface area contributed by atoms with E-state index in [1.807, 2.05) is 11.0 Å². The van der Waals surface area contributed by atoms with Crippen molar-refractivity contribution in [1.29, 1.82) is 0 Å². The molecule has 1 saturated carbocycles. The lowest BCUT2D eigenvalue weighted by atomic mass is 9.86.